The van der Waals surface area contributed by atoms with Gasteiger partial charge in [-0.25, -0.2) is 0 Å². The predicted molar refractivity (Wildman–Crippen MR) is 82.9 cm³/mol. The SMILES string of the molecule is COC(=O)C(C(C)=O)C(c1ccccc1)C(C(=O)OC)C(=O)OC. The normalized spacial score (nSPS) is 12.9. The summed E-state index contributed by atoms with van der Waals surface area (Å²) in [6.45, 7) is 1.20. The maximum atomic E-state index is 12.2. The summed E-state index contributed by atoms with van der Waals surface area (Å²) in [5, 5.41) is 0. The molecule has 0 amide bonds. The highest BCUT2D eigenvalue weighted by Gasteiger charge is 2.47. The van der Waals surface area contributed by atoms with Gasteiger partial charge in [-0.15, -0.1) is 0 Å². The van der Waals surface area contributed by atoms with E-state index in [9.17, 15) is 19.2 Å². The average molecular weight is 336 g/mol. The van der Waals surface area contributed by atoms with Crippen molar-refractivity contribution in [2.24, 2.45) is 11.8 Å². The third-order valence-electron chi connectivity index (χ3n) is 3.71. The van der Waals surface area contributed by atoms with Gasteiger partial charge < -0.3 is 14.2 Å². The third kappa shape index (κ3) is 4.18. The molecule has 0 aliphatic heterocycles. The van der Waals surface area contributed by atoms with Gasteiger partial charge in [-0.2, -0.15) is 0 Å². The molecular weight excluding hydrogens is 316 g/mol. The van der Waals surface area contributed by atoms with Crippen LogP contribution in [0.25, 0.3) is 0 Å². The van der Waals surface area contributed by atoms with E-state index in [1.165, 1.54) is 6.92 Å². The Labute approximate surface area is 139 Å². The number of methoxy groups -OCH3 is 3. The highest BCUT2D eigenvalue weighted by Crippen LogP contribution is 2.35. The summed E-state index contributed by atoms with van der Waals surface area (Å²) in [5.74, 6) is -7.09. The number of carbonyl (C=O) groups excluding carboxylic acids is 4. The maximum absolute atomic E-state index is 12.2. The first-order chi connectivity index (χ1) is 11.4. The van der Waals surface area contributed by atoms with Crippen LogP contribution in [0.3, 0.4) is 0 Å². The summed E-state index contributed by atoms with van der Waals surface area (Å²) in [6, 6.07) is 8.29. The van der Waals surface area contributed by atoms with E-state index >= 15 is 0 Å². The van der Waals surface area contributed by atoms with Crippen molar-refractivity contribution < 1.29 is 33.4 Å². The Morgan fingerprint density at radius 3 is 1.54 bits per heavy atom. The summed E-state index contributed by atoms with van der Waals surface area (Å²) in [6.07, 6.45) is 0. The molecule has 1 aromatic rings. The molecule has 2 atom stereocenters. The van der Waals surface area contributed by atoms with Crippen LogP contribution in [0.15, 0.2) is 30.3 Å². The fourth-order valence-corrected chi connectivity index (χ4v) is 2.59. The fraction of sp³-hybridized carbons (Fsp3) is 0.412. The van der Waals surface area contributed by atoms with E-state index in [1.54, 1.807) is 30.3 Å². The van der Waals surface area contributed by atoms with Crippen LogP contribution in [0.4, 0.5) is 0 Å². The van der Waals surface area contributed by atoms with Crippen LogP contribution in [-0.4, -0.2) is 45.0 Å². The molecule has 0 aliphatic rings. The summed E-state index contributed by atoms with van der Waals surface area (Å²) in [5.41, 5.74) is 0.448. The van der Waals surface area contributed by atoms with E-state index in [1.807, 2.05) is 0 Å². The van der Waals surface area contributed by atoms with Gasteiger partial charge in [0.25, 0.3) is 0 Å². The second kappa shape index (κ2) is 8.81. The Bertz CT molecular complexity index is 593. The van der Waals surface area contributed by atoms with Crippen LogP contribution in [0, 0.1) is 11.8 Å². The fourth-order valence-electron chi connectivity index (χ4n) is 2.59. The molecule has 0 fully saturated rings. The molecule has 0 aliphatic carbocycles. The van der Waals surface area contributed by atoms with Gasteiger partial charge in [-0.05, 0) is 12.5 Å². The summed E-state index contributed by atoms with van der Waals surface area (Å²) in [4.78, 5) is 48.6. The molecule has 0 radical (unpaired) electrons. The molecule has 1 rings (SSSR count). The highest BCUT2D eigenvalue weighted by molar-refractivity contribution is 6.03. The Hall–Kier alpha value is -2.70. The topological polar surface area (TPSA) is 96.0 Å². The molecule has 7 nitrogen and oxygen atoms in total. The zero-order valence-electron chi connectivity index (χ0n) is 14.0. The minimum Gasteiger partial charge on any atom is -0.468 e. The van der Waals surface area contributed by atoms with Crippen molar-refractivity contribution >= 4 is 23.7 Å². The molecule has 1 aromatic carbocycles. The van der Waals surface area contributed by atoms with E-state index in [0.29, 0.717) is 5.56 Å². The number of rotatable bonds is 7. The quantitative estimate of drug-likeness (QED) is 0.418. The number of hydrogen-bond donors (Lipinski definition) is 0. The van der Waals surface area contributed by atoms with Gasteiger partial charge in [0, 0.05) is 5.92 Å². The molecule has 7 heteroatoms. The van der Waals surface area contributed by atoms with Gasteiger partial charge in [0.15, 0.2) is 5.92 Å². The first-order valence-electron chi connectivity index (χ1n) is 7.17. The van der Waals surface area contributed by atoms with Gasteiger partial charge in [0.1, 0.15) is 11.7 Å². The lowest BCUT2D eigenvalue weighted by atomic mass is 9.75. The van der Waals surface area contributed by atoms with Gasteiger partial charge in [0.2, 0.25) is 0 Å². The van der Waals surface area contributed by atoms with Crippen LogP contribution in [0.2, 0.25) is 0 Å². The Morgan fingerprint density at radius 1 is 0.750 bits per heavy atom. The minimum atomic E-state index is -1.48. The molecular formula is C17H20O7. The van der Waals surface area contributed by atoms with Crippen molar-refractivity contribution in [1.29, 1.82) is 0 Å². The number of ketones is 1. The first kappa shape index (κ1) is 19.3. The lowest BCUT2D eigenvalue weighted by molar-refractivity contribution is -0.162. The standard InChI is InChI=1S/C17H20O7/c1-10(18)12(15(19)22-2)13(11-8-6-5-7-9-11)14(16(20)23-3)17(21)24-4/h5-9,12-14H,1-4H3. The zero-order chi connectivity index (χ0) is 18.3. The zero-order valence-corrected chi connectivity index (χ0v) is 14.0. The van der Waals surface area contributed by atoms with Crippen molar-refractivity contribution in [3.63, 3.8) is 0 Å². The summed E-state index contributed by atoms with van der Waals surface area (Å²) < 4.78 is 14.0. The molecule has 0 heterocycles. The largest absolute Gasteiger partial charge is 0.468 e. The Kier molecular flexibility index (Phi) is 7.10. The smallest absolute Gasteiger partial charge is 0.320 e. The van der Waals surface area contributed by atoms with Crippen molar-refractivity contribution in [1.82, 2.24) is 0 Å². The molecule has 0 aromatic heterocycles. The van der Waals surface area contributed by atoms with Crippen LogP contribution in [0.1, 0.15) is 18.4 Å². The lowest BCUT2D eigenvalue weighted by Crippen LogP contribution is -2.41. The van der Waals surface area contributed by atoms with Crippen LogP contribution in [-0.2, 0) is 33.4 Å². The second-order valence-corrected chi connectivity index (χ2v) is 5.07. The molecule has 2 unspecified atom stereocenters. The van der Waals surface area contributed by atoms with Crippen LogP contribution < -0.4 is 0 Å². The van der Waals surface area contributed by atoms with E-state index in [2.05, 4.69) is 14.2 Å². The van der Waals surface area contributed by atoms with E-state index in [0.717, 1.165) is 21.3 Å². The number of benzene rings is 1. The molecule has 0 N–H and O–H groups in total. The lowest BCUT2D eigenvalue weighted by Gasteiger charge is -2.28. The number of Topliss-reactive ketones (excluding diaryl/α,β-unsaturated/α-hetero) is 1. The van der Waals surface area contributed by atoms with Crippen molar-refractivity contribution in [2.75, 3.05) is 21.3 Å². The maximum Gasteiger partial charge on any atom is 0.320 e. The number of esters is 3. The second-order valence-electron chi connectivity index (χ2n) is 5.07. The molecule has 0 bridgehead atoms. The monoisotopic (exact) mass is 336 g/mol. The first-order valence-corrected chi connectivity index (χ1v) is 7.17. The summed E-state index contributed by atoms with van der Waals surface area (Å²) in [7, 11) is 3.36. The van der Waals surface area contributed by atoms with Gasteiger partial charge in [-0.1, -0.05) is 30.3 Å². The minimum absolute atomic E-state index is 0.448. The van der Waals surface area contributed by atoms with E-state index in [-0.39, 0.29) is 0 Å². The van der Waals surface area contributed by atoms with Crippen LogP contribution in [0.5, 0.6) is 0 Å². The number of hydrogen-bond acceptors (Lipinski definition) is 7. The molecule has 0 saturated heterocycles. The average Bonchev–Trinajstić information content (AvgIpc) is 2.60. The number of ether oxygens (including phenoxy) is 3. The van der Waals surface area contributed by atoms with Crippen molar-refractivity contribution in [3.8, 4) is 0 Å². The van der Waals surface area contributed by atoms with Gasteiger partial charge >= 0.3 is 17.9 Å². The van der Waals surface area contributed by atoms with Gasteiger partial charge in [0.05, 0.1) is 21.3 Å². The van der Waals surface area contributed by atoms with Crippen molar-refractivity contribution in [2.45, 2.75) is 12.8 Å². The third-order valence-corrected chi connectivity index (χ3v) is 3.71. The highest BCUT2D eigenvalue weighted by atomic mass is 16.5. The molecule has 0 spiro atoms. The van der Waals surface area contributed by atoms with Crippen molar-refractivity contribution in [3.05, 3.63) is 35.9 Å². The van der Waals surface area contributed by atoms with E-state index in [4.69, 9.17) is 0 Å². The van der Waals surface area contributed by atoms with Crippen LogP contribution >= 0.6 is 0 Å². The molecule has 0 saturated carbocycles. The predicted octanol–water partition coefficient (Wildman–Crippen LogP) is 1.11. The molecule has 130 valence electrons. The van der Waals surface area contributed by atoms with Gasteiger partial charge in [-0.3, -0.25) is 19.2 Å². The Balaban J connectivity index is 3.56. The van der Waals surface area contributed by atoms with E-state index < -0.39 is 41.4 Å². The summed E-state index contributed by atoms with van der Waals surface area (Å²) >= 11 is 0. The Morgan fingerprint density at radius 2 is 1.17 bits per heavy atom. The molecule has 24 heavy (non-hydrogen) atoms. The number of carbonyl (C=O) groups is 4.